The molecule has 3 nitrogen and oxygen atoms in total. The maximum atomic E-state index is 6.93. The van der Waals surface area contributed by atoms with Gasteiger partial charge in [0.2, 0.25) is 0 Å². The van der Waals surface area contributed by atoms with Gasteiger partial charge in [-0.05, 0) is 110 Å². The lowest BCUT2D eigenvalue weighted by atomic mass is 9.48. The van der Waals surface area contributed by atoms with Gasteiger partial charge in [-0.3, -0.25) is 0 Å². The van der Waals surface area contributed by atoms with Crippen LogP contribution in [-0.4, -0.2) is 24.7 Å². The summed E-state index contributed by atoms with van der Waals surface area (Å²) in [5.41, 5.74) is 4.16. The predicted molar refractivity (Wildman–Crippen MR) is 162 cm³/mol. The summed E-state index contributed by atoms with van der Waals surface area (Å²) < 4.78 is 13.1. The third-order valence-electron chi connectivity index (χ3n) is 11.8. The molecule has 208 valence electrons. The highest BCUT2D eigenvalue weighted by molar-refractivity contribution is 7.99. The van der Waals surface area contributed by atoms with E-state index in [0.717, 1.165) is 40.5 Å². The van der Waals surface area contributed by atoms with E-state index >= 15 is 0 Å². The van der Waals surface area contributed by atoms with Crippen LogP contribution in [0.5, 0.6) is 0 Å². The summed E-state index contributed by atoms with van der Waals surface area (Å²) in [6.45, 7) is 17.1. The lowest BCUT2D eigenvalue weighted by Crippen LogP contribution is -2.52. The van der Waals surface area contributed by atoms with Crippen molar-refractivity contribution in [2.24, 2.45) is 28.6 Å². The van der Waals surface area contributed by atoms with Crippen molar-refractivity contribution in [3.63, 3.8) is 0 Å². The molecule has 0 bridgehead atoms. The van der Waals surface area contributed by atoms with Gasteiger partial charge >= 0.3 is 0 Å². The molecule has 0 amide bonds. The molecule has 0 N–H and O–H groups in total. The van der Waals surface area contributed by atoms with Gasteiger partial charge in [-0.2, -0.15) is 0 Å². The molecule has 6 heteroatoms. The lowest BCUT2D eigenvalue weighted by molar-refractivity contribution is -0.0334. The Morgan fingerprint density at radius 2 is 1.87 bits per heavy atom. The van der Waals surface area contributed by atoms with E-state index in [1.54, 1.807) is 5.57 Å². The second-order valence-corrected chi connectivity index (χ2v) is 21.2. The van der Waals surface area contributed by atoms with Gasteiger partial charge in [-0.15, -0.1) is 0 Å². The second kappa shape index (κ2) is 9.39. The fourth-order valence-electron chi connectivity index (χ4n) is 8.52. The van der Waals surface area contributed by atoms with E-state index in [0.29, 0.717) is 27.2 Å². The normalized spacial score (nSPS) is 37.5. The van der Waals surface area contributed by atoms with Crippen LogP contribution < -0.4 is 0 Å². The summed E-state index contributed by atoms with van der Waals surface area (Å²) in [4.78, 5) is 4.80. The minimum absolute atomic E-state index is 0.273. The molecule has 1 heterocycles. The summed E-state index contributed by atoms with van der Waals surface area (Å²) in [5.74, 6) is 2.44. The molecule has 0 unspecified atom stereocenters. The topological polar surface area (TPSA) is 35.3 Å². The van der Waals surface area contributed by atoms with Crippen LogP contribution in [0.4, 0.5) is 0 Å². The highest BCUT2D eigenvalue weighted by Crippen LogP contribution is 2.67. The van der Waals surface area contributed by atoms with Crippen LogP contribution in [0.25, 0.3) is 11.1 Å². The monoisotopic (exact) mass is 571 g/mol. The summed E-state index contributed by atoms with van der Waals surface area (Å²) in [6.07, 6.45) is 13.4. The van der Waals surface area contributed by atoms with Crippen molar-refractivity contribution in [2.45, 2.75) is 121 Å². The average Bonchev–Trinajstić information content (AvgIpc) is 3.38. The van der Waals surface area contributed by atoms with Crippen LogP contribution >= 0.6 is 23.4 Å². The molecule has 38 heavy (non-hydrogen) atoms. The first-order valence-electron chi connectivity index (χ1n) is 14.9. The van der Waals surface area contributed by atoms with Crippen molar-refractivity contribution in [1.29, 1.82) is 0 Å². The SMILES string of the molecule is CC(C)(C)[Si](C)(C)O[C@H]1CC[C@@]2(C)C(=CC[C@H]3[C@@H]4CC[C@H](Sc5nc6ccc(Cl)cc6o5)[C@@]4(C)CC[C@@H]32)C1. The number of rotatable bonds is 4. The standard InChI is InChI=1S/C32H46ClNO2SSi/c1-30(2,3)38(6,7)36-22-14-16-31(4)20(18-22)8-10-23-24-11-13-28(32(24,5)17-15-25(23)31)37-29-34-26-12-9-21(33)19-27(26)35-29/h8-9,12,19,22-25,28H,10-11,13-18H2,1-7H3/t22-,23-,24-,25-,28-,31-,32-/m0/s1. The Morgan fingerprint density at radius 3 is 2.63 bits per heavy atom. The molecule has 0 spiro atoms. The molecular formula is C32H46ClNO2SSi. The zero-order valence-corrected chi connectivity index (χ0v) is 27.0. The third-order valence-corrected chi connectivity index (χ3v) is 18.0. The van der Waals surface area contributed by atoms with Crippen molar-refractivity contribution in [3.05, 3.63) is 34.9 Å². The van der Waals surface area contributed by atoms with E-state index in [9.17, 15) is 0 Å². The van der Waals surface area contributed by atoms with Crippen molar-refractivity contribution in [2.75, 3.05) is 0 Å². The molecule has 1 aromatic heterocycles. The number of benzene rings is 1. The quantitative estimate of drug-likeness (QED) is 0.270. The molecule has 3 saturated carbocycles. The molecule has 0 aliphatic heterocycles. The van der Waals surface area contributed by atoms with Crippen LogP contribution in [-0.2, 0) is 4.43 Å². The van der Waals surface area contributed by atoms with E-state index in [-0.39, 0.29) is 5.04 Å². The van der Waals surface area contributed by atoms with Gasteiger partial charge in [0.25, 0.3) is 5.22 Å². The second-order valence-electron chi connectivity index (χ2n) is 14.8. The highest BCUT2D eigenvalue weighted by atomic mass is 35.5. The van der Waals surface area contributed by atoms with Gasteiger partial charge in [-0.25, -0.2) is 4.98 Å². The fourth-order valence-corrected chi connectivity index (χ4v) is 11.4. The zero-order chi connectivity index (χ0) is 27.1. The average molecular weight is 572 g/mol. The first-order valence-corrected chi connectivity index (χ1v) is 19.1. The molecule has 0 radical (unpaired) electrons. The molecule has 0 saturated heterocycles. The van der Waals surface area contributed by atoms with E-state index in [1.165, 1.54) is 44.9 Å². The summed E-state index contributed by atoms with van der Waals surface area (Å²) in [6, 6.07) is 5.75. The molecule has 7 atom stereocenters. The molecule has 4 aliphatic rings. The smallest absolute Gasteiger partial charge is 0.257 e. The summed E-state index contributed by atoms with van der Waals surface area (Å²) in [5, 5.41) is 2.36. The first-order chi connectivity index (χ1) is 17.8. The Hall–Kier alpha value is -0.753. The maximum Gasteiger partial charge on any atom is 0.257 e. The Labute approximate surface area is 240 Å². The van der Waals surface area contributed by atoms with Crippen LogP contribution in [0, 0.1) is 28.6 Å². The van der Waals surface area contributed by atoms with Gasteiger partial charge in [0.1, 0.15) is 5.52 Å². The lowest BCUT2D eigenvalue weighted by Gasteiger charge is -2.58. The van der Waals surface area contributed by atoms with Crippen LogP contribution in [0.3, 0.4) is 0 Å². The van der Waals surface area contributed by atoms with Crippen molar-refractivity contribution < 1.29 is 8.84 Å². The predicted octanol–water partition coefficient (Wildman–Crippen LogP) is 10.3. The first kappa shape index (κ1) is 27.4. The van der Waals surface area contributed by atoms with E-state index in [2.05, 4.69) is 53.8 Å². The number of halogens is 1. The van der Waals surface area contributed by atoms with E-state index < -0.39 is 8.32 Å². The highest BCUT2D eigenvalue weighted by Gasteiger charge is 2.59. The number of thioether (sulfide) groups is 1. The third kappa shape index (κ3) is 4.46. The number of hydrogen-bond donors (Lipinski definition) is 0. The van der Waals surface area contributed by atoms with Gasteiger partial charge in [0, 0.05) is 22.4 Å². The van der Waals surface area contributed by atoms with Crippen LogP contribution in [0.15, 0.2) is 39.5 Å². The minimum Gasteiger partial charge on any atom is -0.431 e. The molecule has 2 aromatic rings. The molecule has 6 rings (SSSR count). The van der Waals surface area contributed by atoms with Crippen molar-refractivity contribution in [3.8, 4) is 0 Å². The molecular weight excluding hydrogens is 526 g/mol. The Balaban J connectivity index is 1.18. The molecule has 3 fully saturated rings. The van der Waals surface area contributed by atoms with E-state index in [4.69, 9.17) is 25.4 Å². The zero-order valence-electron chi connectivity index (χ0n) is 24.4. The number of oxazole rings is 1. The Bertz CT molecular complexity index is 1250. The van der Waals surface area contributed by atoms with Crippen LogP contribution in [0.2, 0.25) is 23.2 Å². The number of nitrogens with zero attached hydrogens (tertiary/aromatic N) is 1. The fraction of sp³-hybridized carbons (Fsp3) is 0.719. The summed E-state index contributed by atoms with van der Waals surface area (Å²) >= 11 is 8.07. The van der Waals surface area contributed by atoms with Gasteiger partial charge in [-0.1, -0.05) is 69.6 Å². The maximum absolute atomic E-state index is 6.93. The largest absolute Gasteiger partial charge is 0.431 e. The molecule has 4 aliphatic carbocycles. The van der Waals surface area contributed by atoms with Gasteiger partial charge in [0.15, 0.2) is 13.9 Å². The summed E-state index contributed by atoms with van der Waals surface area (Å²) in [7, 11) is -1.74. The van der Waals surface area contributed by atoms with Crippen molar-refractivity contribution in [1.82, 2.24) is 4.98 Å². The molecule has 1 aromatic carbocycles. The van der Waals surface area contributed by atoms with Crippen LogP contribution in [0.1, 0.15) is 86.0 Å². The van der Waals surface area contributed by atoms with Gasteiger partial charge < -0.3 is 8.84 Å². The Morgan fingerprint density at radius 1 is 1.08 bits per heavy atom. The minimum atomic E-state index is -1.74. The number of hydrogen-bond acceptors (Lipinski definition) is 4. The number of aromatic nitrogens is 1. The number of fused-ring (bicyclic) bond motifs is 6. The van der Waals surface area contributed by atoms with Gasteiger partial charge in [0.05, 0.1) is 0 Å². The Kier molecular flexibility index (Phi) is 6.78. The van der Waals surface area contributed by atoms with E-state index in [1.807, 2.05) is 30.0 Å². The number of allylic oxidation sites excluding steroid dienone is 1. The van der Waals surface area contributed by atoms with Crippen molar-refractivity contribution >= 4 is 42.8 Å².